The smallest absolute Gasteiger partial charge is 0.396 e. The van der Waals surface area contributed by atoms with Crippen molar-refractivity contribution in [1.29, 1.82) is 5.41 Å². The molecule has 0 amide bonds. The second kappa shape index (κ2) is 9.00. The molecule has 0 saturated carbocycles. The van der Waals surface area contributed by atoms with E-state index in [2.05, 4.69) is 6.92 Å². The number of unbranched alkanes of at least 4 members (excludes halogenated alkanes) is 2. The Morgan fingerprint density at radius 3 is 2.41 bits per heavy atom. The number of aliphatic hydroxyl groups excluding tert-OH is 1. The summed E-state index contributed by atoms with van der Waals surface area (Å²) in [6, 6.07) is 4.58. The first-order chi connectivity index (χ1) is 10.4. The van der Waals surface area contributed by atoms with E-state index in [-0.39, 0.29) is 11.7 Å². The minimum Gasteiger partial charge on any atom is -0.396 e. The standard InChI is InChI=1S/C16H20F3NOS/c1-2-3-4-5-14(10-11-21)22-15(20)12-6-8-13(9-7-12)16(17,18)19/h5-9,20-21H,2-4,10-11H2,1H3/b14-5+,20-15?. The van der Waals surface area contributed by atoms with Gasteiger partial charge < -0.3 is 5.11 Å². The van der Waals surface area contributed by atoms with Crippen LogP contribution >= 0.6 is 11.8 Å². The summed E-state index contributed by atoms with van der Waals surface area (Å²) in [5.74, 6) is 0. The van der Waals surface area contributed by atoms with Crippen molar-refractivity contribution in [2.24, 2.45) is 0 Å². The minimum atomic E-state index is -4.37. The second-order valence-corrected chi connectivity index (χ2v) is 5.93. The Hall–Kier alpha value is -1.27. The molecule has 122 valence electrons. The summed E-state index contributed by atoms with van der Waals surface area (Å²) < 4.78 is 37.5. The number of alkyl halides is 3. The molecule has 0 aromatic heterocycles. The van der Waals surface area contributed by atoms with Crippen LogP contribution in [0.5, 0.6) is 0 Å². The molecule has 1 rings (SSSR count). The van der Waals surface area contributed by atoms with Crippen molar-refractivity contribution in [1.82, 2.24) is 0 Å². The molecule has 22 heavy (non-hydrogen) atoms. The molecule has 1 aromatic rings. The molecule has 2 N–H and O–H groups in total. The molecule has 1 aromatic carbocycles. The summed E-state index contributed by atoms with van der Waals surface area (Å²) in [6.07, 6.45) is 1.04. The molecule has 0 aliphatic carbocycles. The van der Waals surface area contributed by atoms with Crippen molar-refractivity contribution < 1.29 is 18.3 Å². The number of nitrogens with one attached hydrogen (secondary N) is 1. The van der Waals surface area contributed by atoms with Gasteiger partial charge in [0, 0.05) is 18.6 Å². The first-order valence-corrected chi connectivity index (χ1v) is 7.94. The van der Waals surface area contributed by atoms with Gasteiger partial charge in [-0.25, -0.2) is 0 Å². The average molecular weight is 331 g/mol. The van der Waals surface area contributed by atoms with Crippen LogP contribution in [0.4, 0.5) is 13.2 Å². The van der Waals surface area contributed by atoms with Crippen LogP contribution in [-0.4, -0.2) is 16.8 Å². The summed E-state index contributed by atoms with van der Waals surface area (Å²) in [5, 5.41) is 17.2. The average Bonchev–Trinajstić information content (AvgIpc) is 2.47. The Balaban J connectivity index is 2.75. The van der Waals surface area contributed by atoms with Gasteiger partial charge in [0.05, 0.1) is 10.6 Å². The second-order valence-electron chi connectivity index (χ2n) is 4.79. The molecule has 0 fully saturated rings. The highest BCUT2D eigenvalue weighted by Gasteiger charge is 2.30. The van der Waals surface area contributed by atoms with E-state index < -0.39 is 11.7 Å². The van der Waals surface area contributed by atoms with Gasteiger partial charge >= 0.3 is 6.18 Å². The molecule has 0 aliphatic heterocycles. The van der Waals surface area contributed by atoms with E-state index in [1.807, 2.05) is 6.08 Å². The Morgan fingerprint density at radius 1 is 1.27 bits per heavy atom. The van der Waals surface area contributed by atoms with Crippen LogP contribution < -0.4 is 0 Å². The Morgan fingerprint density at radius 2 is 1.91 bits per heavy atom. The highest BCUT2D eigenvalue weighted by molar-refractivity contribution is 8.17. The number of thioether (sulfide) groups is 1. The number of rotatable bonds is 7. The molecule has 0 bridgehead atoms. The van der Waals surface area contributed by atoms with Gasteiger partial charge in [-0.15, -0.1) is 0 Å². The Labute approximate surface area is 132 Å². The number of hydrogen-bond donors (Lipinski definition) is 2. The van der Waals surface area contributed by atoms with Gasteiger partial charge in [0.2, 0.25) is 0 Å². The van der Waals surface area contributed by atoms with Crippen molar-refractivity contribution in [3.05, 3.63) is 46.4 Å². The van der Waals surface area contributed by atoms with E-state index in [1.165, 1.54) is 23.9 Å². The molecule has 6 heteroatoms. The van der Waals surface area contributed by atoms with Gasteiger partial charge in [0.15, 0.2) is 0 Å². The summed E-state index contributed by atoms with van der Waals surface area (Å²) in [4.78, 5) is 0.876. The lowest BCUT2D eigenvalue weighted by Crippen LogP contribution is -2.05. The van der Waals surface area contributed by atoms with E-state index in [0.29, 0.717) is 12.0 Å². The van der Waals surface area contributed by atoms with E-state index in [1.54, 1.807) is 0 Å². The first kappa shape index (κ1) is 18.8. The molecule has 0 unspecified atom stereocenters. The van der Waals surface area contributed by atoms with E-state index >= 15 is 0 Å². The maximum Gasteiger partial charge on any atom is 0.416 e. The van der Waals surface area contributed by atoms with Crippen LogP contribution in [0.3, 0.4) is 0 Å². The van der Waals surface area contributed by atoms with Crippen molar-refractivity contribution in [3.63, 3.8) is 0 Å². The van der Waals surface area contributed by atoms with Crippen LogP contribution in [0.15, 0.2) is 35.2 Å². The van der Waals surface area contributed by atoms with Crippen LogP contribution in [0.2, 0.25) is 0 Å². The quantitative estimate of drug-likeness (QED) is 0.409. The number of aliphatic hydroxyl groups is 1. The highest BCUT2D eigenvalue weighted by atomic mass is 32.2. The lowest BCUT2D eigenvalue weighted by molar-refractivity contribution is -0.137. The predicted octanol–water partition coefficient (Wildman–Crippen LogP) is 5.22. The maximum absolute atomic E-state index is 12.5. The maximum atomic E-state index is 12.5. The fourth-order valence-corrected chi connectivity index (χ4v) is 2.68. The van der Waals surface area contributed by atoms with E-state index in [4.69, 9.17) is 10.5 Å². The van der Waals surface area contributed by atoms with Crippen LogP contribution in [0, 0.1) is 5.41 Å². The zero-order valence-corrected chi connectivity index (χ0v) is 13.2. The molecule has 0 aliphatic rings. The third kappa shape index (κ3) is 6.23. The largest absolute Gasteiger partial charge is 0.416 e. The monoisotopic (exact) mass is 331 g/mol. The lowest BCUT2D eigenvalue weighted by atomic mass is 10.1. The molecule has 0 spiro atoms. The number of benzene rings is 1. The minimum absolute atomic E-state index is 0.00868. The van der Waals surface area contributed by atoms with Gasteiger partial charge in [-0.1, -0.05) is 49.7 Å². The molecular weight excluding hydrogens is 311 g/mol. The Kier molecular flexibility index (Phi) is 7.68. The first-order valence-electron chi connectivity index (χ1n) is 7.12. The third-order valence-electron chi connectivity index (χ3n) is 3.00. The topological polar surface area (TPSA) is 44.1 Å². The number of halogens is 3. The highest BCUT2D eigenvalue weighted by Crippen LogP contribution is 2.30. The van der Waals surface area contributed by atoms with Crippen molar-refractivity contribution in [2.75, 3.05) is 6.61 Å². The van der Waals surface area contributed by atoms with Crippen LogP contribution in [0.25, 0.3) is 0 Å². The normalized spacial score (nSPS) is 12.5. The van der Waals surface area contributed by atoms with E-state index in [0.717, 1.165) is 36.3 Å². The molecule has 0 atom stereocenters. The van der Waals surface area contributed by atoms with Crippen molar-refractivity contribution in [2.45, 2.75) is 38.8 Å². The number of hydrogen-bond acceptors (Lipinski definition) is 3. The molecular formula is C16H20F3NOS. The molecule has 0 radical (unpaired) electrons. The molecule has 0 saturated heterocycles. The van der Waals surface area contributed by atoms with Gasteiger partial charge in [0.1, 0.15) is 0 Å². The third-order valence-corrected chi connectivity index (χ3v) is 4.07. The van der Waals surface area contributed by atoms with Crippen molar-refractivity contribution in [3.8, 4) is 0 Å². The zero-order chi connectivity index (χ0) is 16.6. The molecule has 2 nitrogen and oxygen atoms in total. The fourth-order valence-electron chi connectivity index (χ4n) is 1.77. The predicted molar refractivity (Wildman–Crippen MR) is 85.2 cm³/mol. The Bertz CT molecular complexity index is 509. The summed E-state index contributed by atoms with van der Waals surface area (Å²) >= 11 is 1.19. The van der Waals surface area contributed by atoms with Gasteiger partial charge in [-0.3, -0.25) is 5.41 Å². The van der Waals surface area contributed by atoms with Crippen LogP contribution in [0.1, 0.15) is 43.7 Å². The van der Waals surface area contributed by atoms with Gasteiger partial charge in [0.25, 0.3) is 0 Å². The van der Waals surface area contributed by atoms with E-state index in [9.17, 15) is 13.2 Å². The van der Waals surface area contributed by atoms with Gasteiger partial charge in [-0.05, 0) is 23.5 Å². The number of allylic oxidation sites excluding steroid dienone is 1. The zero-order valence-electron chi connectivity index (χ0n) is 12.4. The van der Waals surface area contributed by atoms with Gasteiger partial charge in [-0.2, -0.15) is 13.2 Å². The summed E-state index contributed by atoms with van der Waals surface area (Å²) in [6.45, 7) is 2.07. The van der Waals surface area contributed by atoms with Crippen LogP contribution in [-0.2, 0) is 6.18 Å². The van der Waals surface area contributed by atoms with Crippen molar-refractivity contribution >= 4 is 16.8 Å². The summed E-state index contributed by atoms with van der Waals surface area (Å²) in [5.41, 5.74) is -0.277. The summed E-state index contributed by atoms with van der Waals surface area (Å²) in [7, 11) is 0. The fraction of sp³-hybridized carbons (Fsp3) is 0.438. The molecule has 0 heterocycles. The lowest BCUT2D eigenvalue weighted by Gasteiger charge is -2.10. The SMILES string of the molecule is CCCC/C=C(\CCO)SC(=N)c1ccc(C(F)(F)F)cc1.